The standard InChI is InChI=1S/C17H31N7O/c1-13(2)19-16-20-15(18-7-12-25)21-17(22-16)24-10-5-14(6-11-24)23-8-3-4-9-23/h13-14,25H,3-12H2,1-2H3,(H2,18,19,20,21,22). The molecule has 8 heteroatoms. The normalized spacial score (nSPS) is 19.6. The van der Waals surface area contributed by atoms with E-state index in [0.29, 0.717) is 24.5 Å². The second kappa shape index (κ2) is 8.62. The molecule has 0 unspecified atom stereocenters. The van der Waals surface area contributed by atoms with Gasteiger partial charge in [0.15, 0.2) is 0 Å². The van der Waals surface area contributed by atoms with E-state index in [1.165, 1.54) is 25.9 Å². The van der Waals surface area contributed by atoms with E-state index in [1.54, 1.807) is 0 Å². The molecule has 140 valence electrons. The monoisotopic (exact) mass is 349 g/mol. The van der Waals surface area contributed by atoms with Crippen LogP contribution in [0.2, 0.25) is 0 Å². The van der Waals surface area contributed by atoms with Gasteiger partial charge >= 0.3 is 0 Å². The second-order valence-electron chi connectivity index (χ2n) is 7.19. The van der Waals surface area contributed by atoms with Crippen molar-refractivity contribution in [2.24, 2.45) is 0 Å². The van der Waals surface area contributed by atoms with Crippen molar-refractivity contribution >= 4 is 17.8 Å². The van der Waals surface area contributed by atoms with Gasteiger partial charge in [-0.1, -0.05) is 0 Å². The largest absolute Gasteiger partial charge is 0.395 e. The first-order chi connectivity index (χ1) is 12.2. The lowest BCUT2D eigenvalue weighted by Gasteiger charge is -2.36. The Morgan fingerprint density at radius 2 is 1.72 bits per heavy atom. The summed E-state index contributed by atoms with van der Waals surface area (Å²) in [4.78, 5) is 18.4. The van der Waals surface area contributed by atoms with Crippen LogP contribution < -0.4 is 15.5 Å². The minimum atomic E-state index is 0.0508. The van der Waals surface area contributed by atoms with Crippen molar-refractivity contribution in [3.63, 3.8) is 0 Å². The zero-order valence-electron chi connectivity index (χ0n) is 15.4. The van der Waals surface area contributed by atoms with E-state index in [4.69, 9.17) is 5.11 Å². The Labute approximate surface area is 150 Å². The van der Waals surface area contributed by atoms with Gasteiger partial charge in [-0.3, -0.25) is 0 Å². The first-order valence-corrected chi connectivity index (χ1v) is 9.52. The maximum absolute atomic E-state index is 9.03. The fraction of sp³-hybridized carbons (Fsp3) is 0.824. The summed E-state index contributed by atoms with van der Waals surface area (Å²) in [6.45, 7) is 9.08. The van der Waals surface area contributed by atoms with Gasteiger partial charge in [0, 0.05) is 31.7 Å². The lowest BCUT2D eigenvalue weighted by atomic mass is 10.0. The maximum Gasteiger partial charge on any atom is 0.231 e. The first kappa shape index (κ1) is 18.1. The Morgan fingerprint density at radius 3 is 2.36 bits per heavy atom. The minimum absolute atomic E-state index is 0.0508. The van der Waals surface area contributed by atoms with Crippen LogP contribution >= 0.6 is 0 Å². The van der Waals surface area contributed by atoms with E-state index in [1.807, 2.05) is 0 Å². The van der Waals surface area contributed by atoms with Crippen LogP contribution in [0.1, 0.15) is 39.5 Å². The number of anilines is 3. The molecule has 0 aromatic carbocycles. The smallest absolute Gasteiger partial charge is 0.231 e. The highest BCUT2D eigenvalue weighted by Gasteiger charge is 2.27. The fourth-order valence-electron chi connectivity index (χ4n) is 3.61. The molecule has 1 aromatic heterocycles. The van der Waals surface area contributed by atoms with Crippen LogP contribution in [-0.2, 0) is 0 Å². The van der Waals surface area contributed by atoms with Crippen LogP contribution in [0.15, 0.2) is 0 Å². The molecular weight excluding hydrogens is 318 g/mol. The number of hydrogen-bond acceptors (Lipinski definition) is 8. The molecule has 0 aliphatic carbocycles. The third-order valence-electron chi connectivity index (χ3n) is 4.84. The summed E-state index contributed by atoms with van der Waals surface area (Å²) in [6.07, 6.45) is 5.02. The number of aliphatic hydroxyl groups excluding tert-OH is 1. The Balaban J connectivity index is 1.67. The Bertz CT molecular complexity index is 540. The molecule has 3 rings (SSSR count). The van der Waals surface area contributed by atoms with Gasteiger partial charge in [0.2, 0.25) is 17.8 Å². The number of aliphatic hydroxyl groups is 1. The van der Waals surface area contributed by atoms with Crippen LogP contribution in [0.25, 0.3) is 0 Å². The maximum atomic E-state index is 9.03. The molecule has 0 bridgehead atoms. The summed E-state index contributed by atoms with van der Waals surface area (Å²) in [5, 5.41) is 15.3. The average Bonchev–Trinajstić information content (AvgIpc) is 3.14. The van der Waals surface area contributed by atoms with Gasteiger partial charge in [-0.25, -0.2) is 0 Å². The van der Waals surface area contributed by atoms with E-state index in [0.717, 1.165) is 31.9 Å². The minimum Gasteiger partial charge on any atom is -0.395 e. The van der Waals surface area contributed by atoms with Crippen LogP contribution in [0.4, 0.5) is 17.8 Å². The number of rotatable bonds is 7. The molecule has 25 heavy (non-hydrogen) atoms. The third-order valence-corrected chi connectivity index (χ3v) is 4.84. The SMILES string of the molecule is CC(C)Nc1nc(NCCO)nc(N2CCC(N3CCCC3)CC2)n1. The van der Waals surface area contributed by atoms with E-state index in [-0.39, 0.29) is 12.6 Å². The highest BCUT2D eigenvalue weighted by Crippen LogP contribution is 2.24. The van der Waals surface area contributed by atoms with Crippen LogP contribution in [0, 0.1) is 0 Å². The third kappa shape index (κ3) is 4.92. The van der Waals surface area contributed by atoms with E-state index in [2.05, 4.69) is 49.2 Å². The highest BCUT2D eigenvalue weighted by atomic mass is 16.3. The summed E-state index contributed by atoms with van der Waals surface area (Å²) < 4.78 is 0. The van der Waals surface area contributed by atoms with E-state index in [9.17, 15) is 0 Å². The van der Waals surface area contributed by atoms with Crippen molar-refractivity contribution in [1.29, 1.82) is 0 Å². The zero-order chi connectivity index (χ0) is 17.6. The quantitative estimate of drug-likeness (QED) is 0.676. The number of nitrogens with zero attached hydrogens (tertiary/aromatic N) is 5. The second-order valence-corrected chi connectivity index (χ2v) is 7.19. The number of hydrogen-bond donors (Lipinski definition) is 3. The summed E-state index contributed by atoms with van der Waals surface area (Å²) in [6, 6.07) is 0.961. The van der Waals surface area contributed by atoms with E-state index < -0.39 is 0 Å². The topological polar surface area (TPSA) is 89.4 Å². The van der Waals surface area contributed by atoms with Crippen molar-refractivity contribution in [2.75, 3.05) is 54.9 Å². The van der Waals surface area contributed by atoms with Crippen molar-refractivity contribution in [1.82, 2.24) is 19.9 Å². The van der Waals surface area contributed by atoms with Gasteiger partial charge in [-0.2, -0.15) is 15.0 Å². The molecule has 0 atom stereocenters. The molecular formula is C17H31N7O. The number of nitrogens with one attached hydrogen (secondary N) is 2. The van der Waals surface area contributed by atoms with Crippen molar-refractivity contribution in [3.05, 3.63) is 0 Å². The Morgan fingerprint density at radius 1 is 1.04 bits per heavy atom. The molecule has 8 nitrogen and oxygen atoms in total. The predicted molar refractivity (Wildman–Crippen MR) is 100 cm³/mol. The lowest BCUT2D eigenvalue weighted by molar-refractivity contribution is 0.207. The predicted octanol–water partition coefficient (Wildman–Crippen LogP) is 1.16. The summed E-state index contributed by atoms with van der Waals surface area (Å²) in [5.41, 5.74) is 0. The van der Waals surface area contributed by atoms with Gasteiger partial charge in [0.25, 0.3) is 0 Å². The average molecular weight is 349 g/mol. The molecule has 2 fully saturated rings. The molecule has 2 saturated heterocycles. The molecule has 0 radical (unpaired) electrons. The summed E-state index contributed by atoms with van der Waals surface area (Å²) in [7, 11) is 0. The van der Waals surface area contributed by atoms with Crippen LogP contribution in [-0.4, -0.2) is 76.4 Å². The van der Waals surface area contributed by atoms with Crippen LogP contribution in [0.5, 0.6) is 0 Å². The molecule has 3 N–H and O–H groups in total. The van der Waals surface area contributed by atoms with Crippen molar-refractivity contribution in [3.8, 4) is 0 Å². The number of piperidine rings is 1. The first-order valence-electron chi connectivity index (χ1n) is 9.52. The zero-order valence-corrected chi connectivity index (χ0v) is 15.4. The molecule has 2 aliphatic rings. The number of likely N-dealkylation sites (tertiary alicyclic amines) is 1. The molecule has 2 aliphatic heterocycles. The molecule has 1 aromatic rings. The summed E-state index contributed by atoms with van der Waals surface area (Å²) in [5.74, 6) is 1.82. The van der Waals surface area contributed by atoms with Gasteiger partial charge < -0.3 is 25.5 Å². The van der Waals surface area contributed by atoms with E-state index >= 15 is 0 Å². The molecule has 0 amide bonds. The molecule has 3 heterocycles. The Kier molecular flexibility index (Phi) is 6.25. The number of aromatic nitrogens is 3. The van der Waals surface area contributed by atoms with Gasteiger partial charge in [0.05, 0.1) is 6.61 Å². The van der Waals surface area contributed by atoms with Crippen LogP contribution in [0.3, 0.4) is 0 Å². The van der Waals surface area contributed by atoms with Crippen molar-refractivity contribution in [2.45, 2.75) is 51.6 Å². The Hall–Kier alpha value is -1.67. The highest BCUT2D eigenvalue weighted by molar-refractivity contribution is 5.44. The molecule has 0 saturated carbocycles. The van der Waals surface area contributed by atoms with Gasteiger partial charge in [-0.05, 0) is 52.6 Å². The van der Waals surface area contributed by atoms with Gasteiger partial charge in [-0.15, -0.1) is 0 Å². The molecule has 0 spiro atoms. The fourth-order valence-corrected chi connectivity index (χ4v) is 3.61. The van der Waals surface area contributed by atoms with Crippen molar-refractivity contribution < 1.29 is 5.11 Å². The summed E-state index contributed by atoms with van der Waals surface area (Å²) >= 11 is 0. The lowest BCUT2D eigenvalue weighted by Crippen LogP contribution is -2.44. The van der Waals surface area contributed by atoms with Gasteiger partial charge in [0.1, 0.15) is 0 Å².